The average molecular weight is 452 g/mol. The molecule has 0 heterocycles. The minimum Gasteiger partial charge on any atom is -0.496 e. The summed E-state index contributed by atoms with van der Waals surface area (Å²) in [5, 5.41) is 3.27. The van der Waals surface area contributed by atoms with Crippen LogP contribution in [0, 0.1) is 0 Å². The maximum absolute atomic E-state index is 12.8. The molecule has 3 aromatic rings. The van der Waals surface area contributed by atoms with Crippen LogP contribution in [0.1, 0.15) is 44.8 Å². The van der Waals surface area contributed by atoms with Crippen molar-refractivity contribution in [2.45, 2.75) is 13.0 Å². The van der Waals surface area contributed by atoms with Crippen molar-refractivity contribution in [2.24, 2.45) is 0 Å². The minimum atomic E-state index is -0.761. The highest BCUT2D eigenvalue weighted by Crippen LogP contribution is 2.24. The molecule has 0 spiro atoms. The molecule has 0 saturated heterocycles. The Balaban J connectivity index is 1.66. The quantitative estimate of drug-likeness (QED) is 0.399. The summed E-state index contributed by atoms with van der Waals surface area (Å²) in [7, 11) is 1.55. The lowest BCUT2D eigenvalue weighted by Crippen LogP contribution is -2.31. The Morgan fingerprint density at radius 2 is 1.53 bits per heavy atom. The fourth-order valence-corrected chi connectivity index (χ4v) is 3.34. The van der Waals surface area contributed by atoms with E-state index in [0.29, 0.717) is 16.3 Å². The second kappa shape index (κ2) is 10.6. The van der Waals surface area contributed by atoms with Gasteiger partial charge < -0.3 is 14.8 Å². The zero-order valence-corrected chi connectivity index (χ0v) is 18.4. The van der Waals surface area contributed by atoms with Gasteiger partial charge in [0, 0.05) is 21.7 Å². The maximum Gasteiger partial charge on any atom is 0.339 e. The molecule has 0 aliphatic rings. The number of carbonyl (C=O) groups excluding carboxylic acids is 3. The van der Waals surface area contributed by atoms with Crippen molar-refractivity contribution in [3.8, 4) is 5.75 Å². The fraction of sp³-hybridized carbons (Fsp3) is 0.160. The number of para-hydroxylation sites is 1. The number of benzene rings is 3. The zero-order chi connectivity index (χ0) is 23.1. The van der Waals surface area contributed by atoms with E-state index in [1.165, 1.54) is 12.1 Å². The number of methoxy groups -OCH3 is 1. The van der Waals surface area contributed by atoms with Crippen molar-refractivity contribution >= 4 is 29.3 Å². The monoisotopic (exact) mass is 451 g/mol. The lowest BCUT2D eigenvalue weighted by molar-refractivity contribution is -0.124. The van der Waals surface area contributed by atoms with Crippen LogP contribution in [-0.2, 0) is 9.53 Å². The van der Waals surface area contributed by atoms with E-state index in [0.717, 1.165) is 5.56 Å². The molecule has 1 N–H and O–H groups in total. The Bertz CT molecular complexity index is 1130. The number of ether oxygens (including phenoxy) is 2. The molecule has 0 unspecified atom stereocenters. The largest absolute Gasteiger partial charge is 0.496 e. The predicted octanol–water partition coefficient (Wildman–Crippen LogP) is 4.61. The summed E-state index contributed by atoms with van der Waals surface area (Å²) >= 11 is 5.88. The van der Waals surface area contributed by atoms with Crippen LogP contribution in [0.5, 0.6) is 5.75 Å². The van der Waals surface area contributed by atoms with Crippen LogP contribution < -0.4 is 10.1 Å². The Kier molecular flexibility index (Phi) is 7.63. The van der Waals surface area contributed by atoms with Crippen LogP contribution in [0.2, 0.25) is 5.02 Å². The van der Waals surface area contributed by atoms with E-state index in [4.69, 9.17) is 21.1 Å². The number of esters is 1. The molecule has 6 nitrogen and oxygen atoms in total. The molecule has 3 rings (SSSR count). The van der Waals surface area contributed by atoms with Crippen LogP contribution in [0.4, 0.5) is 0 Å². The maximum atomic E-state index is 12.8. The number of amides is 1. The van der Waals surface area contributed by atoms with E-state index >= 15 is 0 Å². The molecule has 0 fully saturated rings. The van der Waals surface area contributed by atoms with Crippen molar-refractivity contribution in [3.63, 3.8) is 0 Å². The standard InChI is InChI=1S/C25H22ClNO5/c1-16(19-7-5-6-10-22(19)31-2)27-23(28)15-32-25(30)21-9-4-3-8-20(21)24(29)17-11-13-18(26)14-12-17/h3-14,16H,15H2,1-2H3,(H,27,28)/t16-/m1/s1. The van der Waals surface area contributed by atoms with Crippen LogP contribution in [0.15, 0.2) is 72.8 Å². The first-order valence-corrected chi connectivity index (χ1v) is 10.3. The third kappa shape index (κ3) is 5.53. The Morgan fingerprint density at radius 3 is 2.22 bits per heavy atom. The average Bonchev–Trinajstić information content (AvgIpc) is 2.82. The molecule has 0 aliphatic carbocycles. The molecular formula is C25H22ClNO5. The first-order chi connectivity index (χ1) is 15.4. The van der Waals surface area contributed by atoms with Gasteiger partial charge in [-0.05, 0) is 43.3 Å². The fourth-order valence-electron chi connectivity index (χ4n) is 3.21. The van der Waals surface area contributed by atoms with Gasteiger partial charge in [0.05, 0.1) is 18.7 Å². The van der Waals surface area contributed by atoms with Gasteiger partial charge in [-0.3, -0.25) is 9.59 Å². The molecule has 32 heavy (non-hydrogen) atoms. The van der Waals surface area contributed by atoms with Gasteiger partial charge in [-0.15, -0.1) is 0 Å². The third-order valence-electron chi connectivity index (χ3n) is 4.82. The van der Waals surface area contributed by atoms with Gasteiger partial charge in [0.1, 0.15) is 5.75 Å². The third-order valence-corrected chi connectivity index (χ3v) is 5.07. The lowest BCUT2D eigenvalue weighted by atomic mass is 9.98. The Hall–Kier alpha value is -3.64. The highest BCUT2D eigenvalue weighted by molar-refractivity contribution is 6.30. The first kappa shape index (κ1) is 23.0. The SMILES string of the molecule is COc1ccccc1[C@@H](C)NC(=O)COC(=O)c1ccccc1C(=O)c1ccc(Cl)cc1. The summed E-state index contributed by atoms with van der Waals surface area (Å²) in [6.07, 6.45) is 0. The summed E-state index contributed by atoms with van der Waals surface area (Å²) in [6, 6.07) is 19.6. The van der Waals surface area contributed by atoms with Gasteiger partial charge in [0.2, 0.25) is 0 Å². The van der Waals surface area contributed by atoms with Crippen LogP contribution in [0.3, 0.4) is 0 Å². The smallest absolute Gasteiger partial charge is 0.339 e. The summed E-state index contributed by atoms with van der Waals surface area (Å²) < 4.78 is 10.5. The van der Waals surface area contributed by atoms with Gasteiger partial charge >= 0.3 is 5.97 Å². The molecule has 0 radical (unpaired) electrons. The Morgan fingerprint density at radius 1 is 0.906 bits per heavy atom. The van der Waals surface area contributed by atoms with Gasteiger partial charge in [0.15, 0.2) is 12.4 Å². The Labute approximate surface area is 191 Å². The summed E-state index contributed by atoms with van der Waals surface area (Å²) in [5.74, 6) is -0.934. The van der Waals surface area contributed by atoms with E-state index in [1.54, 1.807) is 56.5 Å². The van der Waals surface area contributed by atoms with Gasteiger partial charge in [-0.2, -0.15) is 0 Å². The van der Waals surface area contributed by atoms with Crippen molar-refractivity contribution in [1.82, 2.24) is 5.32 Å². The number of nitrogens with one attached hydrogen (secondary N) is 1. The number of carbonyl (C=O) groups is 3. The van der Waals surface area contributed by atoms with Crippen molar-refractivity contribution < 1.29 is 23.9 Å². The van der Waals surface area contributed by atoms with E-state index in [1.807, 2.05) is 18.2 Å². The molecule has 0 aliphatic heterocycles. The highest BCUT2D eigenvalue weighted by Gasteiger charge is 2.21. The van der Waals surface area contributed by atoms with E-state index in [-0.39, 0.29) is 23.0 Å². The normalized spacial score (nSPS) is 11.3. The van der Waals surface area contributed by atoms with Crippen molar-refractivity contribution in [1.29, 1.82) is 0 Å². The van der Waals surface area contributed by atoms with E-state index in [2.05, 4.69) is 5.32 Å². The number of ketones is 1. The highest BCUT2D eigenvalue weighted by atomic mass is 35.5. The number of rotatable bonds is 8. The molecule has 3 aromatic carbocycles. The molecule has 0 aromatic heterocycles. The van der Waals surface area contributed by atoms with Crippen LogP contribution >= 0.6 is 11.6 Å². The van der Waals surface area contributed by atoms with Crippen LogP contribution in [0.25, 0.3) is 0 Å². The summed E-state index contributed by atoms with van der Waals surface area (Å²) in [4.78, 5) is 37.8. The topological polar surface area (TPSA) is 81.7 Å². The van der Waals surface area contributed by atoms with Gasteiger partial charge in [-0.1, -0.05) is 48.0 Å². The number of hydrogen-bond donors (Lipinski definition) is 1. The van der Waals surface area contributed by atoms with Crippen molar-refractivity contribution in [2.75, 3.05) is 13.7 Å². The molecule has 1 atom stereocenters. The summed E-state index contributed by atoms with van der Waals surface area (Å²) in [5.41, 5.74) is 1.45. The number of hydrogen-bond acceptors (Lipinski definition) is 5. The molecule has 0 saturated carbocycles. The zero-order valence-electron chi connectivity index (χ0n) is 17.6. The second-order valence-electron chi connectivity index (χ2n) is 6.99. The first-order valence-electron chi connectivity index (χ1n) is 9.89. The minimum absolute atomic E-state index is 0.0815. The summed E-state index contributed by atoms with van der Waals surface area (Å²) in [6.45, 7) is 1.32. The predicted molar refractivity (Wildman–Crippen MR) is 121 cm³/mol. The van der Waals surface area contributed by atoms with Crippen LogP contribution in [-0.4, -0.2) is 31.4 Å². The van der Waals surface area contributed by atoms with Gasteiger partial charge in [-0.25, -0.2) is 4.79 Å². The lowest BCUT2D eigenvalue weighted by Gasteiger charge is -2.17. The molecule has 164 valence electrons. The molecule has 0 bridgehead atoms. The number of halogens is 1. The second-order valence-corrected chi connectivity index (χ2v) is 7.43. The molecular weight excluding hydrogens is 430 g/mol. The molecule has 1 amide bonds. The molecule has 7 heteroatoms. The van der Waals surface area contributed by atoms with E-state index in [9.17, 15) is 14.4 Å². The van der Waals surface area contributed by atoms with Gasteiger partial charge in [0.25, 0.3) is 5.91 Å². The van der Waals surface area contributed by atoms with Crippen molar-refractivity contribution in [3.05, 3.63) is 100 Å². The van der Waals surface area contributed by atoms with E-state index < -0.39 is 18.5 Å².